The van der Waals surface area contributed by atoms with E-state index in [1.54, 1.807) is 6.08 Å². The van der Waals surface area contributed by atoms with Crippen molar-refractivity contribution in [1.29, 1.82) is 0 Å². The zero-order valence-corrected chi connectivity index (χ0v) is 15.9. The van der Waals surface area contributed by atoms with E-state index in [4.69, 9.17) is 5.73 Å². The molecule has 0 bridgehead atoms. The van der Waals surface area contributed by atoms with Gasteiger partial charge in [-0.1, -0.05) is 36.4 Å². The molecular formula is C21H20N2O4S. The highest BCUT2D eigenvalue weighted by atomic mass is 32.1. The highest BCUT2D eigenvalue weighted by Crippen LogP contribution is 2.45. The van der Waals surface area contributed by atoms with Gasteiger partial charge in [-0.3, -0.25) is 14.4 Å². The number of amides is 2. The fraction of sp³-hybridized carbons (Fsp3) is 0.286. The van der Waals surface area contributed by atoms with Crippen LogP contribution in [0.15, 0.2) is 36.4 Å². The van der Waals surface area contributed by atoms with Crippen LogP contribution in [0.3, 0.4) is 0 Å². The van der Waals surface area contributed by atoms with E-state index in [-0.39, 0.29) is 5.91 Å². The molecule has 0 fully saturated rings. The lowest BCUT2D eigenvalue weighted by Gasteiger charge is -2.24. The molecule has 0 radical (unpaired) electrons. The van der Waals surface area contributed by atoms with Crippen LogP contribution in [-0.4, -0.2) is 22.9 Å². The van der Waals surface area contributed by atoms with Crippen LogP contribution in [0.1, 0.15) is 34.3 Å². The van der Waals surface area contributed by atoms with Gasteiger partial charge in [-0.05, 0) is 42.4 Å². The summed E-state index contributed by atoms with van der Waals surface area (Å²) in [5, 5.41) is 12.7. The Labute approximate surface area is 166 Å². The molecule has 4 N–H and O–H groups in total. The molecule has 0 unspecified atom stereocenters. The van der Waals surface area contributed by atoms with Gasteiger partial charge in [-0.2, -0.15) is 0 Å². The number of thiophene rings is 1. The van der Waals surface area contributed by atoms with E-state index in [1.807, 2.05) is 24.3 Å². The minimum absolute atomic E-state index is 0.324. The third-order valence-corrected chi connectivity index (χ3v) is 6.66. The van der Waals surface area contributed by atoms with Crippen LogP contribution in [0.2, 0.25) is 0 Å². The summed E-state index contributed by atoms with van der Waals surface area (Å²) in [6.07, 6.45) is 5.79. The summed E-state index contributed by atoms with van der Waals surface area (Å²) in [7, 11) is 0. The molecule has 144 valence electrons. The predicted molar refractivity (Wildman–Crippen MR) is 107 cm³/mol. The van der Waals surface area contributed by atoms with Crippen LogP contribution in [0.5, 0.6) is 0 Å². The van der Waals surface area contributed by atoms with E-state index in [0.29, 0.717) is 29.8 Å². The smallest absolute Gasteiger partial charge is 0.307 e. The first kappa shape index (κ1) is 18.4. The van der Waals surface area contributed by atoms with E-state index < -0.39 is 23.7 Å². The Morgan fingerprint density at radius 1 is 1.07 bits per heavy atom. The predicted octanol–water partition coefficient (Wildman–Crippen LogP) is 3.22. The minimum atomic E-state index is -0.987. The largest absolute Gasteiger partial charge is 0.481 e. The lowest BCUT2D eigenvalue weighted by molar-refractivity contribution is -0.146. The fourth-order valence-electron chi connectivity index (χ4n) is 4.07. The van der Waals surface area contributed by atoms with E-state index in [1.165, 1.54) is 16.9 Å². The zero-order chi connectivity index (χ0) is 19.8. The molecule has 1 heterocycles. The van der Waals surface area contributed by atoms with Gasteiger partial charge in [0.2, 0.25) is 5.91 Å². The Kier molecular flexibility index (Phi) is 4.77. The average molecular weight is 396 g/mol. The van der Waals surface area contributed by atoms with Gasteiger partial charge in [0.05, 0.1) is 17.4 Å². The molecule has 2 atom stereocenters. The van der Waals surface area contributed by atoms with Crippen LogP contribution < -0.4 is 11.1 Å². The molecule has 28 heavy (non-hydrogen) atoms. The molecule has 0 saturated heterocycles. The van der Waals surface area contributed by atoms with E-state index in [9.17, 15) is 19.5 Å². The Morgan fingerprint density at radius 3 is 2.50 bits per heavy atom. The lowest BCUT2D eigenvalue weighted by Crippen LogP contribution is -2.35. The summed E-state index contributed by atoms with van der Waals surface area (Å²) in [6, 6.07) is 8.00. The molecule has 2 aromatic rings. The monoisotopic (exact) mass is 396 g/mol. The average Bonchev–Trinajstić information content (AvgIpc) is 3.06. The fourth-order valence-corrected chi connectivity index (χ4v) is 5.39. The number of allylic oxidation sites excluding steroid dienone is 2. The van der Waals surface area contributed by atoms with Crippen LogP contribution in [0.25, 0.3) is 10.4 Å². The molecule has 6 nitrogen and oxygen atoms in total. The third kappa shape index (κ3) is 3.11. The van der Waals surface area contributed by atoms with Crippen molar-refractivity contribution in [1.82, 2.24) is 0 Å². The number of carboxylic acids is 1. The van der Waals surface area contributed by atoms with E-state index >= 15 is 0 Å². The van der Waals surface area contributed by atoms with Crippen molar-refractivity contribution in [2.24, 2.45) is 17.6 Å². The molecule has 7 heteroatoms. The number of rotatable bonds is 4. The van der Waals surface area contributed by atoms with Gasteiger partial charge in [-0.15, -0.1) is 11.3 Å². The number of aliphatic carboxylic acids is 1. The Morgan fingerprint density at radius 2 is 1.79 bits per heavy atom. The van der Waals surface area contributed by atoms with Gasteiger partial charge >= 0.3 is 5.97 Å². The number of fused-ring (bicyclic) bond motifs is 3. The quantitative estimate of drug-likeness (QED) is 0.689. The molecule has 4 rings (SSSR count). The third-order valence-electron chi connectivity index (χ3n) is 5.48. The van der Waals surface area contributed by atoms with Crippen molar-refractivity contribution < 1.29 is 19.5 Å². The number of carboxylic acid groups (broad SMARTS) is 1. The molecule has 0 spiro atoms. The minimum Gasteiger partial charge on any atom is -0.481 e. The number of carbonyl (C=O) groups is 3. The number of aryl methyl sites for hydroxylation is 1. The van der Waals surface area contributed by atoms with Crippen molar-refractivity contribution in [2.45, 2.75) is 25.7 Å². The molecule has 0 saturated carbocycles. The van der Waals surface area contributed by atoms with Crippen LogP contribution in [0.4, 0.5) is 5.00 Å². The maximum atomic E-state index is 12.9. The maximum absolute atomic E-state index is 12.9. The number of nitrogens with two attached hydrogens (primary N) is 1. The topological polar surface area (TPSA) is 109 Å². The standard InChI is InChI=1S/C21H20N2O4S/c22-18(24)16-15-10-9-11-5-1-2-6-12(11)17(15)28-20(16)23-19(25)13-7-3-4-8-14(13)21(26)27/h1-6,13-14H,7-10H2,(H2,22,24)(H,23,25)(H,26,27)/t13-,14+/m0/s1. The summed E-state index contributed by atoms with van der Waals surface area (Å²) in [4.78, 5) is 37.5. The van der Waals surface area contributed by atoms with Crippen LogP contribution >= 0.6 is 11.3 Å². The van der Waals surface area contributed by atoms with Crippen molar-refractivity contribution in [3.63, 3.8) is 0 Å². The van der Waals surface area contributed by atoms with Crippen LogP contribution in [0, 0.1) is 11.8 Å². The van der Waals surface area contributed by atoms with E-state index in [0.717, 1.165) is 22.4 Å². The van der Waals surface area contributed by atoms with Gasteiger partial charge < -0.3 is 16.2 Å². The van der Waals surface area contributed by atoms with Gasteiger partial charge in [0.15, 0.2) is 0 Å². The normalized spacial score (nSPS) is 20.1. The first-order valence-electron chi connectivity index (χ1n) is 9.19. The van der Waals surface area contributed by atoms with Crippen molar-refractivity contribution in [3.05, 3.63) is 53.1 Å². The first-order valence-corrected chi connectivity index (χ1v) is 10.0. The van der Waals surface area contributed by atoms with Crippen LogP contribution in [-0.2, 0) is 22.4 Å². The van der Waals surface area contributed by atoms with Crippen molar-refractivity contribution >= 4 is 34.1 Å². The summed E-state index contributed by atoms with van der Waals surface area (Å²) >= 11 is 1.34. The van der Waals surface area contributed by atoms with Gasteiger partial charge in [-0.25, -0.2) is 0 Å². The van der Waals surface area contributed by atoms with Crippen molar-refractivity contribution in [2.75, 3.05) is 5.32 Å². The number of carbonyl (C=O) groups excluding carboxylic acids is 2. The summed E-state index contributed by atoms with van der Waals surface area (Å²) in [6.45, 7) is 0. The van der Waals surface area contributed by atoms with Gasteiger partial charge in [0.1, 0.15) is 5.00 Å². The second kappa shape index (κ2) is 7.24. The number of anilines is 1. The molecule has 2 aliphatic carbocycles. The van der Waals surface area contributed by atoms with Crippen molar-refractivity contribution in [3.8, 4) is 10.4 Å². The molecule has 1 aromatic heterocycles. The molecule has 2 aliphatic rings. The summed E-state index contributed by atoms with van der Waals surface area (Å²) in [5.74, 6) is -3.39. The number of hydrogen-bond donors (Lipinski definition) is 3. The van der Waals surface area contributed by atoms with Gasteiger partial charge in [0, 0.05) is 4.88 Å². The molecule has 1 aromatic carbocycles. The second-order valence-corrected chi connectivity index (χ2v) is 8.14. The number of primary amides is 1. The first-order chi connectivity index (χ1) is 13.5. The highest BCUT2D eigenvalue weighted by molar-refractivity contribution is 7.20. The summed E-state index contributed by atoms with van der Waals surface area (Å²) < 4.78 is 0. The lowest BCUT2D eigenvalue weighted by atomic mass is 9.82. The molecule has 2 amide bonds. The Balaban J connectivity index is 1.70. The number of nitrogens with one attached hydrogen (secondary N) is 1. The molecular weight excluding hydrogens is 376 g/mol. The maximum Gasteiger partial charge on any atom is 0.307 e. The SMILES string of the molecule is NC(=O)c1c(NC(=O)[C@H]2CC=CC[C@H]2C(=O)O)sc2c1CCc1ccccc1-2. The Hall–Kier alpha value is -2.93. The molecule has 0 aliphatic heterocycles. The zero-order valence-electron chi connectivity index (χ0n) is 15.1. The van der Waals surface area contributed by atoms with Gasteiger partial charge in [0.25, 0.3) is 5.91 Å². The highest BCUT2D eigenvalue weighted by Gasteiger charge is 2.35. The van der Waals surface area contributed by atoms with E-state index in [2.05, 4.69) is 11.4 Å². The Bertz CT molecular complexity index is 1010. The number of benzene rings is 1. The summed E-state index contributed by atoms with van der Waals surface area (Å²) in [5.41, 5.74) is 9.12. The number of hydrogen-bond acceptors (Lipinski definition) is 4. The second-order valence-electron chi connectivity index (χ2n) is 7.12.